The Balaban J connectivity index is 2.17. The molecule has 0 aliphatic rings. The van der Waals surface area contributed by atoms with E-state index in [-0.39, 0.29) is 5.91 Å². The summed E-state index contributed by atoms with van der Waals surface area (Å²) in [4.78, 5) is 16.0. The molecular weight excluding hydrogens is 358 g/mol. The van der Waals surface area contributed by atoms with Crippen molar-refractivity contribution in [2.75, 3.05) is 40.5 Å². The van der Waals surface area contributed by atoms with Crippen LogP contribution in [0.1, 0.15) is 19.4 Å². The second-order valence-corrected chi connectivity index (χ2v) is 6.11. The number of methoxy groups -OCH3 is 2. The summed E-state index contributed by atoms with van der Waals surface area (Å²) in [6.45, 7) is 3.78. The van der Waals surface area contributed by atoms with Crippen molar-refractivity contribution in [2.24, 2.45) is 0 Å². The highest BCUT2D eigenvalue weighted by Gasteiger charge is 2.26. The molecule has 0 saturated heterocycles. The molecule has 1 heterocycles. The number of carbonyl (C=O) groups excluding carboxylic acids is 1. The van der Waals surface area contributed by atoms with Crippen molar-refractivity contribution in [3.63, 3.8) is 0 Å². The SMILES string of the molecule is CCC(C(=O)N(CCOC)CCOC)n1nnc(-c2ccc(Cl)cc2)n1. The third-order valence-electron chi connectivity index (χ3n) is 3.92. The lowest BCUT2D eigenvalue weighted by molar-refractivity contribution is -0.137. The highest BCUT2D eigenvalue weighted by molar-refractivity contribution is 6.30. The van der Waals surface area contributed by atoms with E-state index in [1.807, 2.05) is 19.1 Å². The van der Waals surface area contributed by atoms with Crippen LogP contribution >= 0.6 is 11.6 Å². The minimum absolute atomic E-state index is 0.0818. The first-order valence-corrected chi connectivity index (χ1v) is 8.80. The van der Waals surface area contributed by atoms with E-state index in [2.05, 4.69) is 15.4 Å². The van der Waals surface area contributed by atoms with E-state index in [0.29, 0.717) is 43.6 Å². The average Bonchev–Trinajstić information content (AvgIpc) is 3.12. The predicted octanol–water partition coefficient (Wildman–Crippen LogP) is 2.07. The van der Waals surface area contributed by atoms with E-state index in [0.717, 1.165) is 5.56 Å². The van der Waals surface area contributed by atoms with Crippen LogP contribution in [-0.2, 0) is 14.3 Å². The Hall–Kier alpha value is -2.03. The minimum Gasteiger partial charge on any atom is -0.383 e. The Kier molecular flexibility index (Phi) is 7.96. The quantitative estimate of drug-likeness (QED) is 0.626. The van der Waals surface area contributed by atoms with Gasteiger partial charge in [0, 0.05) is 37.9 Å². The summed E-state index contributed by atoms with van der Waals surface area (Å²) in [6.07, 6.45) is 0.547. The van der Waals surface area contributed by atoms with Gasteiger partial charge in [0.25, 0.3) is 0 Å². The molecule has 0 aliphatic heterocycles. The van der Waals surface area contributed by atoms with Crippen LogP contribution in [0.3, 0.4) is 0 Å². The Morgan fingerprint density at radius 3 is 2.35 bits per heavy atom. The van der Waals surface area contributed by atoms with E-state index in [1.54, 1.807) is 31.3 Å². The van der Waals surface area contributed by atoms with Crippen LogP contribution in [0, 0.1) is 0 Å². The molecule has 0 bridgehead atoms. The number of hydrogen-bond acceptors (Lipinski definition) is 6. The molecule has 1 atom stereocenters. The van der Waals surface area contributed by atoms with Crippen LogP contribution in [-0.4, -0.2) is 71.5 Å². The zero-order valence-electron chi connectivity index (χ0n) is 15.3. The van der Waals surface area contributed by atoms with E-state index >= 15 is 0 Å². The lowest BCUT2D eigenvalue weighted by atomic mass is 10.2. The Labute approximate surface area is 158 Å². The normalized spacial score (nSPS) is 12.2. The van der Waals surface area contributed by atoms with Crippen molar-refractivity contribution in [1.82, 2.24) is 25.1 Å². The molecule has 9 heteroatoms. The molecule has 26 heavy (non-hydrogen) atoms. The molecule has 0 radical (unpaired) electrons. The number of rotatable bonds is 10. The topological polar surface area (TPSA) is 82.4 Å². The summed E-state index contributed by atoms with van der Waals surface area (Å²) in [7, 11) is 3.21. The van der Waals surface area contributed by atoms with Crippen LogP contribution in [0.5, 0.6) is 0 Å². The van der Waals surface area contributed by atoms with Crippen molar-refractivity contribution in [3.8, 4) is 11.4 Å². The fraction of sp³-hybridized carbons (Fsp3) is 0.529. The molecule has 2 rings (SSSR count). The van der Waals surface area contributed by atoms with Gasteiger partial charge in [-0.05, 0) is 35.9 Å². The summed E-state index contributed by atoms with van der Waals surface area (Å²) in [5.74, 6) is 0.370. The van der Waals surface area contributed by atoms with Gasteiger partial charge in [-0.3, -0.25) is 4.79 Å². The predicted molar refractivity (Wildman–Crippen MR) is 97.9 cm³/mol. The van der Waals surface area contributed by atoms with Gasteiger partial charge >= 0.3 is 0 Å². The first-order valence-electron chi connectivity index (χ1n) is 8.42. The van der Waals surface area contributed by atoms with Crippen molar-refractivity contribution in [3.05, 3.63) is 29.3 Å². The van der Waals surface area contributed by atoms with Crippen LogP contribution < -0.4 is 0 Å². The summed E-state index contributed by atoms with van der Waals surface area (Å²) in [5.41, 5.74) is 0.790. The maximum absolute atomic E-state index is 12.9. The zero-order chi connectivity index (χ0) is 18.9. The second-order valence-electron chi connectivity index (χ2n) is 5.68. The highest BCUT2D eigenvalue weighted by Crippen LogP contribution is 2.19. The molecule has 0 aliphatic carbocycles. The molecule has 142 valence electrons. The van der Waals surface area contributed by atoms with E-state index in [1.165, 1.54) is 4.80 Å². The van der Waals surface area contributed by atoms with Crippen LogP contribution in [0.15, 0.2) is 24.3 Å². The number of aromatic nitrogens is 4. The standard InChI is InChI=1S/C17H24ClN5O3/c1-4-15(17(24)22(9-11-25-2)10-12-26-3)23-20-16(19-21-23)13-5-7-14(18)8-6-13/h5-8,15H,4,9-12H2,1-3H3. The fourth-order valence-electron chi connectivity index (χ4n) is 2.45. The Bertz CT molecular complexity index is 684. The molecule has 1 unspecified atom stereocenters. The lowest BCUT2D eigenvalue weighted by Crippen LogP contribution is -2.41. The molecule has 0 fully saturated rings. The molecular formula is C17H24ClN5O3. The van der Waals surface area contributed by atoms with Gasteiger partial charge in [0.05, 0.1) is 13.2 Å². The summed E-state index contributed by atoms with van der Waals surface area (Å²) in [5, 5.41) is 13.2. The van der Waals surface area contributed by atoms with Gasteiger partial charge in [0.15, 0.2) is 6.04 Å². The lowest BCUT2D eigenvalue weighted by Gasteiger charge is -2.25. The molecule has 0 saturated carbocycles. The van der Waals surface area contributed by atoms with Crippen molar-refractivity contribution in [2.45, 2.75) is 19.4 Å². The summed E-state index contributed by atoms with van der Waals surface area (Å²) < 4.78 is 10.2. The van der Waals surface area contributed by atoms with Gasteiger partial charge in [-0.15, -0.1) is 10.2 Å². The van der Waals surface area contributed by atoms with Crippen molar-refractivity contribution >= 4 is 17.5 Å². The Morgan fingerprint density at radius 2 is 1.81 bits per heavy atom. The largest absolute Gasteiger partial charge is 0.383 e. The van der Waals surface area contributed by atoms with Gasteiger partial charge in [0.1, 0.15) is 0 Å². The monoisotopic (exact) mass is 381 g/mol. The van der Waals surface area contributed by atoms with Crippen molar-refractivity contribution in [1.29, 1.82) is 0 Å². The molecule has 2 aromatic rings. The highest BCUT2D eigenvalue weighted by atomic mass is 35.5. The van der Waals surface area contributed by atoms with Crippen LogP contribution in [0.4, 0.5) is 0 Å². The number of ether oxygens (including phenoxy) is 2. The number of tetrazole rings is 1. The number of benzene rings is 1. The minimum atomic E-state index is -0.530. The summed E-state index contributed by atoms with van der Waals surface area (Å²) in [6, 6.07) is 6.62. The number of hydrogen-bond donors (Lipinski definition) is 0. The number of amides is 1. The summed E-state index contributed by atoms with van der Waals surface area (Å²) >= 11 is 5.90. The molecule has 1 aromatic heterocycles. The first kappa shape index (κ1) is 20.3. The van der Waals surface area contributed by atoms with Gasteiger partial charge < -0.3 is 14.4 Å². The molecule has 0 spiro atoms. The number of nitrogens with zero attached hydrogens (tertiary/aromatic N) is 5. The third kappa shape index (κ3) is 5.23. The Morgan fingerprint density at radius 1 is 1.19 bits per heavy atom. The number of halogens is 1. The molecule has 1 aromatic carbocycles. The van der Waals surface area contributed by atoms with Gasteiger partial charge in [0.2, 0.25) is 11.7 Å². The number of carbonyl (C=O) groups is 1. The molecule has 0 N–H and O–H groups in total. The maximum Gasteiger partial charge on any atom is 0.249 e. The molecule has 8 nitrogen and oxygen atoms in total. The van der Waals surface area contributed by atoms with Crippen LogP contribution in [0.25, 0.3) is 11.4 Å². The zero-order valence-corrected chi connectivity index (χ0v) is 16.0. The van der Waals surface area contributed by atoms with Gasteiger partial charge in [-0.2, -0.15) is 4.80 Å². The second kappa shape index (κ2) is 10.2. The van der Waals surface area contributed by atoms with Crippen molar-refractivity contribution < 1.29 is 14.3 Å². The van der Waals surface area contributed by atoms with Gasteiger partial charge in [-0.1, -0.05) is 18.5 Å². The van der Waals surface area contributed by atoms with E-state index in [4.69, 9.17) is 21.1 Å². The van der Waals surface area contributed by atoms with Crippen LogP contribution in [0.2, 0.25) is 5.02 Å². The smallest absolute Gasteiger partial charge is 0.249 e. The fourth-order valence-corrected chi connectivity index (χ4v) is 2.58. The third-order valence-corrected chi connectivity index (χ3v) is 4.18. The molecule has 1 amide bonds. The maximum atomic E-state index is 12.9. The van der Waals surface area contributed by atoms with E-state index < -0.39 is 6.04 Å². The van der Waals surface area contributed by atoms with E-state index in [9.17, 15) is 4.79 Å². The van der Waals surface area contributed by atoms with Gasteiger partial charge in [-0.25, -0.2) is 0 Å². The average molecular weight is 382 g/mol. The first-order chi connectivity index (χ1) is 12.6.